The predicted molar refractivity (Wildman–Crippen MR) is 88.9 cm³/mol. The molecule has 3 nitrogen and oxygen atoms in total. The molecule has 20 heavy (non-hydrogen) atoms. The Morgan fingerprint density at radius 2 is 1.70 bits per heavy atom. The molecule has 2 aromatic carbocycles. The van der Waals surface area contributed by atoms with Crippen molar-refractivity contribution in [1.29, 1.82) is 0 Å². The van der Waals surface area contributed by atoms with Crippen molar-refractivity contribution in [2.75, 3.05) is 5.32 Å². The number of anilines is 1. The van der Waals surface area contributed by atoms with E-state index in [9.17, 15) is 4.79 Å². The fourth-order valence-corrected chi connectivity index (χ4v) is 3.41. The Morgan fingerprint density at radius 1 is 1.15 bits per heavy atom. The highest BCUT2D eigenvalue weighted by molar-refractivity contribution is 9.11. The second kappa shape index (κ2) is 6.52. The zero-order chi connectivity index (χ0) is 14.7. The average molecular weight is 398 g/mol. The van der Waals surface area contributed by atoms with Crippen molar-refractivity contribution in [3.05, 3.63) is 62.0 Å². The second-order valence-corrected chi connectivity index (χ2v) is 6.17. The maximum Gasteiger partial charge on any atom is 0.255 e. The van der Waals surface area contributed by atoms with Gasteiger partial charge >= 0.3 is 0 Å². The van der Waals surface area contributed by atoms with Crippen molar-refractivity contribution in [2.45, 2.75) is 13.5 Å². The molecule has 0 saturated carbocycles. The normalized spacial score (nSPS) is 10.4. The zero-order valence-electron chi connectivity index (χ0n) is 10.9. The highest BCUT2D eigenvalue weighted by Gasteiger charge is 2.11. The molecule has 3 N–H and O–H groups in total. The summed E-state index contributed by atoms with van der Waals surface area (Å²) in [4.78, 5) is 12.2. The Balaban J connectivity index is 2.23. The van der Waals surface area contributed by atoms with Crippen molar-refractivity contribution < 1.29 is 4.79 Å². The lowest BCUT2D eigenvalue weighted by atomic mass is 10.1. The van der Waals surface area contributed by atoms with E-state index in [1.807, 2.05) is 31.2 Å². The third kappa shape index (κ3) is 3.48. The summed E-state index contributed by atoms with van der Waals surface area (Å²) in [6.45, 7) is 2.46. The summed E-state index contributed by atoms with van der Waals surface area (Å²) in [6, 6.07) is 11.2. The summed E-state index contributed by atoms with van der Waals surface area (Å²) in [5.74, 6) is -0.154. The molecule has 0 aliphatic carbocycles. The van der Waals surface area contributed by atoms with Gasteiger partial charge in [0.15, 0.2) is 0 Å². The van der Waals surface area contributed by atoms with Gasteiger partial charge in [-0.1, -0.05) is 12.1 Å². The smallest absolute Gasteiger partial charge is 0.255 e. The maximum atomic E-state index is 12.2. The molecule has 1 amide bonds. The van der Waals surface area contributed by atoms with Crippen LogP contribution < -0.4 is 11.1 Å². The largest absolute Gasteiger partial charge is 0.326 e. The van der Waals surface area contributed by atoms with Crippen molar-refractivity contribution in [3.63, 3.8) is 0 Å². The van der Waals surface area contributed by atoms with Crippen LogP contribution in [0.2, 0.25) is 0 Å². The van der Waals surface area contributed by atoms with Gasteiger partial charge in [-0.15, -0.1) is 0 Å². The van der Waals surface area contributed by atoms with Crippen LogP contribution in [0.15, 0.2) is 45.3 Å². The van der Waals surface area contributed by atoms with E-state index in [0.29, 0.717) is 12.1 Å². The Kier molecular flexibility index (Phi) is 4.96. The van der Waals surface area contributed by atoms with E-state index in [0.717, 1.165) is 25.8 Å². The first kappa shape index (κ1) is 15.2. The summed E-state index contributed by atoms with van der Waals surface area (Å²) in [6.07, 6.45) is 0. The summed E-state index contributed by atoms with van der Waals surface area (Å²) >= 11 is 6.92. The molecule has 0 aromatic heterocycles. The van der Waals surface area contributed by atoms with Gasteiger partial charge in [0.2, 0.25) is 0 Å². The molecule has 5 heteroatoms. The number of nitrogens with one attached hydrogen (secondary N) is 1. The lowest BCUT2D eigenvalue weighted by Gasteiger charge is -2.11. The molecule has 104 valence electrons. The van der Waals surface area contributed by atoms with E-state index in [4.69, 9.17) is 5.73 Å². The van der Waals surface area contributed by atoms with Gasteiger partial charge in [0.25, 0.3) is 5.91 Å². The van der Waals surface area contributed by atoms with Gasteiger partial charge in [0.05, 0.1) is 5.69 Å². The number of amides is 1. The molecule has 0 heterocycles. The van der Waals surface area contributed by atoms with E-state index in [1.54, 1.807) is 12.1 Å². The minimum absolute atomic E-state index is 0.154. The Morgan fingerprint density at radius 3 is 2.20 bits per heavy atom. The predicted octanol–water partition coefficient (Wildman–Crippen LogP) is 4.23. The average Bonchev–Trinajstić information content (AvgIpc) is 2.42. The van der Waals surface area contributed by atoms with Crippen LogP contribution in [0.25, 0.3) is 0 Å². The molecule has 0 saturated heterocycles. The summed E-state index contributed by atoms with van der Waals surface area (Å²) in [7, 11) is 0. The summed E-state index contributed by atoms with van der Waals surface area (Å²) < 4.78 is 1.69. The number of hydrogen-bond donors (Lipinski definition) is 2. The Labute approximate surface area is 134 Å². The van der Waals surface area contributed by atoms with Crippen LogP contribution in [-0.4, -0.2) is 5.91 Å². The van der Waals surface area contributed by atoms with Crippen LogP contribution in [0.3, 0.4) is 0 Å². The third-order valence-electron chi connectivity index (χ3n) is 2.88. The van der Waals surface area contributed by atoms with Crippen molar-refractivity contribution in [3.8, 4) is 0 Å². The van der Waals surface area contributed by atoms with E-state index in [1.165, 1.54) is 0 Å². The SMILES string of the molecule is Cc1cc(Br)c(NC(=O)c2ccc(CN)cc2)c(Br)c1. The molecule has 0 unspecified atom stereocenters. The minimum Gasteiger partial charge on any atom is -0.326 e. The fourth-order valence-electron chi connectivity index (χ4n) is 1.80. The molecule has 2 rings (SSSR count). The molecule has 0 atom stereocenters. The molecule has 0 bridgehead atoms. The number of carbonyl (C=O) groups is 1. The van der Waals surface area contributed by atoms with Crippen LogP contribution >= 0.6 is 31.9 Å². The lowest BCUT2D eigenvalue weighted by Crippen LogP contribution is -2.13. The first-order valence-corrected chi connectivity index (χ1v) is 7.66. The number of halogens is 2. The number of rotatable bonds is 3. The standard InChI is InChI=1S/C15H14Br2N2O/c1-9-6-12(16)14(13(17)7-9)19-15(20)11-4-2-10(8-18)3-5-11/h2-7H,8,18H2,1H3,(H,19,20). The van der Waals surface area contributed by atoms with Gasteiger partial charge in [0, 0.05) is 21.1 Å². The maximum absolute atomic E-state index is 12.2. The Hall–Kier alpha value is -1.17. The van der Waals surface area contributed by atoms with Crippen LogP contribution in [0.1, 0.15) is 21.5 Å². The molecule has 0 fully saturated rings. The van der Waals surface area contributed by atoms with Gasteiger partial charge in [0.1, 0.15) is 0 Å². The van der Waals surface area contributed by atoms with Crippen LogP contribution in [-0.2, 0) is 6.54 Å². The Bertz CT molecular complexity index is 616. The molecule has 0 aliphatic rings. The van der Waals surface area contributed by atoms with Gasteiger partial charge in [-0.2, -0.15) is 0 Å². The lowest BCUT2D eigenvalue weighted by molar-refractivity contribution is 0.102. The van der Waals surface area contributed by atoms with Crippen LogP contribution in [0.5, 0.6) is 0 Å². The number of carbonyl (C=O) groups excluding carboxylic acids is 1. The molecule has 0 aliphatic heterocycles. The summed E-state index contributed by atoms with van der Waals surface area (Å²) in [5.41, 5.74) is 8.97. The second-order valence-electron chi connectivity index (χ2n) is 4.46. The molecule has 2 aromatic rings. The van der Waals surface area contributed by atoms with E-state index >= 15 is 0 Å². The van der Waals surface area contributed by atoms with E-state index in [-0.39, 0.29) is 5.91 Å². The van der Waals surface area contributed by atoms with Crippen LogP contribution in [0.4, 0.5) is 5.69 Å². The van der Waals surface area contributed by atoms with Gasteiger partial charge in [-0.05, 0) is 74.2 Å². The third-order valence-corrected chi connectivity index (χ3v) is 4.13. The van der Waals surface area contributed by atoms with Crippen molar-refractivity contribution in [2.24, 2.45) is 5.73 Å². The summed E-state index contributed by atoms with van der Waals surface area (Å²) in [5, 5.41) is 2.90. The topological polar surface area (TPSA) is 55.1 Å². The first-order valence-electron chi connectivity index (χ1n) is 6.07. The quantitative estimate of drug-likeness (QED) is 0.814. The first-order chi connectivity index (χ1) is 9.51. The minimum atomic E-state index is -0.154. The van der Waals surface area contributed by atoms with Gasteiger partial charge in [-0.25, -0.2) is 0 Å². The van der Waals surface area contributed by atoms with Crippen LogP contribution in [0, 0.1) is 6.92 Å². The molecular formula is C15H14Br2N2O. The fraction of sp³-hybridized carbons (Fsp3) is 0.133. The monoisotopic (exact) mass is 396 g/mol. The number of hydrogen-bond acceptors (Lipinski definition) is 2. The molecule has 0 spiro atoms. The van der Waals surface area contributed by atoms with Crippen molar-refractivity contribution >= 4 is 43.5 Å². The zero-order valence-corrected chi connectivity index (χ0v) is 14.1. The van der Waals surface area contributed by atoms with Gasteiger partial charge < -0.3 is 11.1 Å². The number of nitrogens with two attached hydrogens (primary N) is 1. The molecular weight excluding hydrogens is 384 g/mol. The van der Waals surface area contributed by atoms with E-state index in [2.05, 4.69) is 37.2 Å². The number of aryl methyl sites for hydroxylation is 1. The highest BCUT2D eigenvalue weighted by Crippen LogP contribution is 2.32. The number of benzene rings is 2. The van der Waals surface area contributed by atoms with Gasteiger partial charge in [-0.3, -0.25) is 4.79 Å². The molecule has 0 radical (unpaired) electrons. The highest BCUT2D eigenvalue weighted by atomic mass is 79.9. The van der Waals surface area contributed by atoms with E-state index < -0.39 is 0 Å². The van der Waals surface area contributed by atoms with Crippen molar-refractivity contribution in [1.82, 2.24) is 0 Å².